The van der Waals surface area contributed by atoms with Crippen LogP contribution in [0.5, 0.6) is 5.75 Å². The quantitative estimate of drug-likeness (QED) is 0.545. The number of nitro groups is 1. The van der Waals surface area contributed by atoms with E-state index in [1.165, 1.54) is 17.0 Å². The van der Waals surface area contributed by atoms with E-state index in [0.717, 1.165) is 0 Å². The Balaban J connectivity index is 2.07. The average molecular weight is 378 g/mol. The maximum atomic E-state index is 12.7. The highest BCUT2D eigenvalue weighted by Gasteiger charge is 2.20. The first kappa shape index (κ1) is 19.5. The largest absolute Gasteiger partial charge is 0.492 e. The third kappa shape index (κ3) is 4.86. The normalized spacial score (nSPS) is 10.3. The molecule has 2 rings (SSSR count). The van der Waals surface area contributed by atoms with Gasteiger partial charge >= 0.3 is 0 Å². The second-order valence-corrected chi connectivity index (χ2v) is 6.32. The van der Waals surface area contributed by atoms with Crippen LogP contribution in [0.15, 0.2) is 42.5 Å². The highest BCUT2D eigenvalue weighted by atomic mass is 35.5. The van der Waals surface area contributed by atoms with Gasteiger partial charge in [-0.05, 0) is 30.3 Å². The molecule has 7 nitrogen and oxygen atoms in total. The van der Waals surface area contributed by atoms with E-state index in [9.17, 15) is 14.9 Å². The van der Waals surface area contributed by atoms with Gasteiger partial charge in [-0.1, -0.05) is 11.6 Å². The van der Waals surface area contributed by atoms with Crippen LogP contribution in [0.2, 0.25) is 5.02 Å². The Morgan fingerprint density at radius 1 is 1.15 bits per heavy atom. The van der Waals surface area contributed by atoms with Crippen molar-refractivity contribution in [3.63, 3.8) is 0 Å². The van der Waals surface area contributed by atoms with Gasteiger partial charge in [-0.25, -0.2) is 0 Å². The lowest BCUT2D eigenvalue weighted by Crippen LogP contribution is -2.32. The molecule has 26 heavy (non-hydrogen) atoms. The number of anilines is 1. The number of non-ortho nitro benzene ring substituents is 1. The topological polar surface area (TPSA) is 75.9 Å². The molecule has 0 saturated carbocycles. The van der Waals surface area contributed by atoms with E-state index < -0.39 is 4.92 Å². The summed E-state index contributed by atoms with van der Waals surface area (Å²) in [6, 6.07) is 11.2. The maximum Gasteiger partial charge on any atom is 0.270 e. The number of halogens is 1. The Morgan fingerprint density at radius 2 is 1.81 bits per heavy atom. The van der Waals surface area contributed by atoms with Gasteiger partial charge < -0.3 is 14.5 Å². The van der Waals surface area contributed by atoms with Crippen LogP contribution in [-0.4, -0.2) is 50.0 Å². The van der Waals surface area contributed by atoms with Crippen LogP contribution < -0.4 is 9.64 Å². The molecule has 0 saturated heterocycles. The summed E-state index contributed by atoms with van der Waals surface area (Å²) >= 11 is 5.82. The number of benzene rings is 2. The van der Waals surface area contributed by atoms with E-state index >= 15 is 0 Å². The highest BCUT2D eigenvalue weighted by molar-refractivity contribution is 6.30. The molecule has 0 fully saturated rings. The zero-order valence-electron chi connectivity index (χ0n) is 14.8. The van der Waals surface area contributed by atoms with E-state index in [1.807, 2.05) is 0 Å². The van der Waals surface area contributed by atoms with Gasteiger partial charge in [0.05, 0.1) is 17.0 Å². The van der Waals surface area contributed by atoms with E-state index in [1.54, 1.807) is 56.4 Å². The fraction of sp³-hybridized carbons (Fsp3) is 0.278. The summed E-state index contributed by atoms with van der Waals surface area (Å²) in [6.07, 6.45) is 0. The number of carbonyl (C=O) groups is 1. The van der Waals surface area contributed by atoms with Gasteiger partial charge in [0.1, 0.15) is 12.4 Å². The van der Waals surface area contributed by atoms with Crippen LogP contribution in [-0.2, 0) is 0 Å². The zero-order valence-corrected chi connectivity index (χ0v) is 15.6. The van der Waals surface area contributed by atoms with Crippen molar-refractivity contribution < 1.29 is 14.5 Å². The Bertz CT molecular complexity index is 794. The summed E-state index contributed by atoms with van der Waals surface area (Å²) in [5.41, 5.74) is 0.772. The van der Waals surface area contributed by atoms with Crippen LogP contribution >= 0.6 is 11.6 Å². The van der Waals surface area contributed by atoms with Crippen molar-refractivity contribution >= 4 is 28.9 Å². The molecule has 0 heterocycles. The first-order valence-corrected chi connectivity index (χ1v) is 8.27. The second-order valence-electron chi connectivity index (χ2n) is 5.88. The first-order chi connectivity index (χ1) is 12.3. The molecule has 0 spiro atoms. The fourth-order valence-corrected chi connectivity index (χ4v) is 2.46. The number of likely N-dealkylation sites (N-methyl/N-ethyl adjacent to an activating group) is 1. The molecule has 0 radical (unpaired) electrons. The number of nitrogens with zero attached hydrogens (tertiary/aromatic N) is 3. The van der Waals surface area contributed by atoms with Gasteiger partial charge in [0.25, 0.3) is 11.6 Å². The van der Waals surface area contributed by atoms with Crippen molar-refractivity contribution in [2.24, 2.45) is 0 Å². The highest BCUT2D eigenvalue weighted by Crippen LogP contribution is 2.25. The molecule has 0 bridgehead atoms. The molecule has 0 unspecified atom stereocenters. The minimum atomic E-state index is -0.514. The number of hydrogen-bond donors (Lipinski definition) is 0. The van der Waals surface area contributed by atoms with Gasteiger partial charge in [0.15, 0.2) is 0 Å². The number of rotatable bonds is 7. The molecule has 0 aromatic heterocycles. The SMILES string of the molecule is CN(CCOc1ccc(Cl)cc1)C(=O)c1cc([N+](=O)[O-])ccc1N(C)C. The molecular formula is C18H20ClN3O4. The molecule has 8 heteroatoms. The lowest BCUT2D eigenvalue weighted by atomic mass is 10.1. The van der Waals surface area contributed by atoms with Crippen molar-refractivity contribution in [3.05, 3.63) is 63.2 Å². The maximum absolute atomic E-state index is 12.7. The Labute approximate surface area is 156 Å². The van der Waals surface area contributed by atoms with E-state index in [-0.39, 0.29) is 23.8 Å². The molecule has 138 valence electrons. The standard InChI is InChI=1S/C18H20ClN3O4/c1-20(2)17-9-6-14(22(24)25)12-16(17)18(23)21(3)10-11-26-15-7-4-13(19)5-8-15/h4-9,12H,10-11H2,1-3H3. The number of ether oxygens (including phenoxy) is 1. The van der Waals surface area contributed by atoms with E-state index in [0.29, 0.717) is 23.0 Å². The number of carbonyl (C=O) groups excluding carboxylic acids is 1. The summed E-state index contributed by atoms with van der Waals surface area (Å²) in [5.74, 6) is 0.344. The van der Waals surface area contributed by atoms with Crippen LogP contribution in [0.3, 0.4) is 0 Å². The minimum Gasteiger partial charge on any atom is -0.492 e. The Morgan fingerprint density at radius 3 is 2.38 bits per heavy atom. The molecule has 0 N–H and O–H groups in total. The summed E-state index contributed by atoms with van der Waals surface area (Å²) < 4.78 is 5.59. The van der Waals surface area contributed by atoms with Gasteiger partial charge in [-0.3, -0.25) is 14.9 Å². The third-order valence-corrected chi connectivity index (χ3v) is 4.01. The van der Waals surface area contributed by atoms with Crippen LogP contribution in [0.1, 0.15) is 10.4 Å². The summed E-state index contributed by atoms with van der Waals surface area (Å²) in [6.45, 7) is 0.618. The predicted octanol–water partition coefficient (Wildman–Crippen LogP) is 3.47. The fourth-order valence-electron chi connectivity index (χ4n) is 2.34. The van der Waals surface area contributed by atoms with Crippen molar-refractivity contribution in [2.75, 3.05) is 39.2 Å². The van der Waals surface area contributed by atoms with E-state index in [2.05, 4.69) is 0 Å². The molecule has 0 aliphatic rings. The molecule has 2 aromatic rings. The van der Waals surface area contributed by atoms with Crippen molar-refractivity contribution in [1.29, 1.82) is 0 Å². The van der Waals surface area contributed by atoms with Gasteiger partial charge in [0.2, 0.25) is 0 Å². The van der Waals surface area contributed by atoms with Crippen LogP contribution in [0.4, 0.5) is 11.4 Å². The summed E-state index contributed by atoms with van der Waals surface area (Å²) in [4.78, 5) is 26.5. The lowest BCUT2D eigenvalue weighted by Gasteiger charge is -2.22. The third-order valence-electron chi connectivity index (χ3n) is 3.76. The molecule has 0 aliphatic heterocycles. The Hall–Kier alpha value is -2.80. The molecule has 1 amide bonds. The molecule has 0 atom stereocenters. The number of hydrogen-bond acceptors (Lipinski definition) is 5. The van der Waals surface area contributed by atoms with Gasteiger partial charge in [-0.2, -0.15) is 0 Å². The second kappa shape index (κ2) is 8.53. The lowest BCUT2D eigenvalue weighted by molar-refractivity contribution is -0.384. The summed E-state index contributed by atoms with van der Waals surface area (Å²) in [7, 11) is 5.19. The molecular weight excluding hydrogens is 358 g/mol. The van der Waals surface area contributed by atoms with Crippen molar-refractivity contribution in [1.82, 2.24) is 4.90 Å². The average Bonchev–Trinajstić information content (AvgIpc) is 2.61. The Kier molecular flexibility index (Phi) is 6.41. The zero-order chi connectivity index (χ0) is 19.3. The number of nitro benzene ring substituents is 1. The van der Waals surface area contributed by atoms with Crippen LogP contribution in [0, 0.1) is 10.1 Å². The van der Waals surface area contributed by atoms with Crippen molar-refractivity contribution in [3.8, 4) is 5.75 Å². The van der Waals surface area contributed by atoms with E-state index in [4.69, 9.17) is 16.3 Å². The van der Waals surface area contributed by atoms with Crippen LogP contribution in [0.25, 0.3) is 0 Å². The van der Waals surface area contributed by atoms with Crippen molar-refractivity contribution in [2.45, 2.75) is 0 Å². The van der Waals surface area contributed by atoms with Gasteiger partial charge in [0, 0.05) is 44.0 Å². The minimum absolute atomic E-state index is 0.121. The monoisotopic (exact) mass is 377 g/mol. The molecule has 2 aromatic carbocycles. The summed E-state index contributed by atoms with van der Waals surface area (Å²) in [5, 5.41) is 11.6. The predicted molar refractivity (Wildman–Crippen MR) is 101 cm³/mol. The smallest absolute Gasteiger partial charge is 0.270 e. The molecule has 0 aliphatic carbocycles. The van der Waals surface area contributed by atoms with Gasteiger partial charge in [-0.15, -0.1) is 0 Å². The first-order valence-electron chi connectivity index (χ1n) is 7.89. The number of amides is 1.